The lowest BCUT2D eigenvalue weighted by Crippen LogP contribution is -2.34. The van der Waals surface area contributed by atoms with E-state index in [0.717, 1.165) is 31.7 Å². The summed E-state index contributed by atoms with van der Waals surface area (Å²) < 4.78 is 10.8. The van der Waals surface area contributed by atoms with Crippen LogP contribution in [0.1, 0.15) is 12.8 Å². The van der Waals surface area contributed by atoms with E-state index in [4.69, 9.17) is 9.47 Å². The molecule has 0 aliphatic carbocycles. The second kappa shape index (κ2) is 8.39. The average molecular weight is 281 g/mol. The minimum Gasteiger partial charge on any atom is -0.495 e. The molecule has 2 heterocycles. The number of nitrogens with one attached hydrogen (secondary N) is 1. The molecule has 0 bridgehead atoms. The van der Waals surface area contributed by atoms with Crippen LogP contribution in [0, 0.1) is 0 Å². The molecule has 0 radical (unpaired) electrons. The zero-order valence-corrected chi connectivity index (χ0v) is 11.4. The lowest BCUT2D eigenvalue weighted by Gasteiger charge is -2.23. The molecule has 0 atom stereocenters. The largest absolute Gasteiger partial charge is 0.495 e. The highest BCUT2D eigenvalue weighted by Crippen LogP contribution is 2.16. The number of ether oxygens (including phenoxy) is 2. The topological polar surface area (TPSA) is 43.4 Å². The van der Waals surface area contributed by atoms with Crippen molar-refractivity contribution in [2.45, 2.75) is 18.9 Å². The first-order valence-electron chi connectivity index (χ1n) is 5.26. The van der Waals surface area contributed by atoms with E-state index < -0.39 is 0 Å². The molecule has 0 amide bonds. The molecule has 1 saturated heterocycles. The van der Waals surface area contributed by atoms with Gasteiger partial charge in [0, 0.05) is 6.07 Å². The second-order valence-electron chi connectivity index (χ2n) is 3.60. The van der Waals surface area contributed by atoms with Crippen molar-refractivity contribution in [3.63, 3.8) is 0 Å². The summed E-state index contributed by atoms with van der Waals surface area (Å²) >= 11 is 0. The molecule has 1 aromatic rings. The fraction of sp³-hybridized carbons (Fsp3) is 0.545. The summed E-state index contributed by atoms with van der Waals surface area (Å²) in [5.41, 5.74) is 0. The van der Waals surface area contributed by atoms with E-state index in [2.05, 4.69) is 10.3 Å². The van der Waals surface area contributed by atoms with Crippen LogP contribution in [0.2, 0.25) is 0 Å². The normalized spacial score (nSPS) is 15.4. The molecule has 4 nitrogen and oxygen atoms in total. The number of rotatable bonds is 3. The van der Waals surface area contributed by atoms with Crippen LogP contribution >= 0.6 is 24.8 Å². The molecule has 0 unspecified atom stereocenters. The van der Waals surface area contributed by atoms with Crippen molar-refractivity contribution < 1.29 is 9.47 Å². The molecule has 0 saturated carbocycles. The number of pyridine rings is 1. The van der Waals surface area contributed by atoms with Crippen LogP contribution in [0.4, 0.5) is 0 Å². The number of piperidine rings is 1. The fourth-order valence-electron chi connectivity index (χ4n) is 1.64. The number of aromatic nitrogens is 1. The van der Waals surface area contributed by atoms with Crippen molar-refractivity contribution in [2.75, 3.05) is 20.2 Å². The second-order valence-corrected chi connectivity index (χ2v) is 3.60. The molecule has 0 spiro atoms. The Hall–Kier alpha value is -0.710. The van der Waals surface area contributed by atoms with E-state index >= 15 is 0 Å². The Morgan fingerprint density at radius 1 is 1.24 bits per heavy atom. The maximum atomic E-state index is 5.75. The van der Waals surface area contributed by atoms with Crippen molar-refractivity contribution in [3.05, 3.63) is 18.3 Å². The highest BCUT2D eigenvalue weighted by atomic mass is 35.5. The quantitative estimate of drug-likeness (QED) is 0.921. The van der Waals surface area contributed by atoms with Crippen LogP contribution in [0.3, 0.4) is 0 Å². The SMILES string of the molecule is COc1ccc(OC2CCNCC2)nc1.Cl.Cl. The first-order chi connectivity index (χ1) is 7.38. The zero-order valence-electron chi connectivity index (χ0n) is 9.72. The Kier molecular flexibility index (Phi) is 8.04. The van der Waals surface area contributed by atoms with Crippen LogP contribution < -0.4 is 14.8 Å². The summed E-state index contributed by atoms with van der Waals surface area (Å²) in [7, 11) is 1.63. The summed E-state index contributed by atoms with van der Waals surface area (Å²) in [5, 5.41) is 3.30. The summed E-state index contributed by atoms with van der Waals surface area (Å²) in [5.74, 6) is 1.44. The van der Waals surface area contributed by atoms with Gasteiger partial charge in [-0.05, 0) is 32.0 Å². The van der Waals surface area contributed by atoms with Gasteiger partial charge in [0.25, 0.3) is 0 Å². The van der Waals surface area contributed by atoms with Gasteiger partial charge >= 0.3 is 0 Å². The van der Waals surface area contributed by atoms with Gasteiger partial charge in [0.05, 0.1) is 13.3 Å². The van der Waals surface area contributed by atoms with E-state index in [1.165, 1.54) is 0 Å². The van der Waals surface area contributed by atoms with E-state index in [0.29, 0.717) is 12.0 Å². The highest BCUT2D eigenvalue weighted by molar-refractivity contribution is 5.85. The van der Waals surface area contributed by atoms with Gasteiger partial charge in [0.15, 0.2) is 0 Å². The maximum Gasteiger partial charge on any atom is 0.213 e. The van der Waals surface area contributed by atoms with Crippen LogP contribution in [0.15, 0.2) is 18.3 Å². The van der Waals surface area contributed by atoms with Gasteiger partial charge in [-0.1, -0.05) is 0 Å². The van der Waals surface area contributed by atoms with Gasteiger partial charge < -0.3 is 14.8 Å². The van der Waals surface area contributed by atoms with Crippen LogP contribution in [-0.4, -0.2) is 31.3 Å². The van der Waals surface area contributed by atoms with E-state index in [1.54, 1.807) is 13.3 Å². The molecule has 98 valence electrons. The van der Waals surface area contributed by atoms with Gasteiger partial charge in [0.2, 0.25) is 5.88 Å². The van der Waals surface area contributed by atoms with E-state index in [9.17, 15) is 0 Å². The average Bonchev–Trinajstić information content (AvgIpc) is 2.31. The molecule has 0 aromatic carbocycles. The Morgan fingerprint density at radius 3 is 2.47 bits per heavy atom. The molecular formula is C11H18Cl2N2O2. The Balaban J connectivity index is 0.00000128. The molecular weight excluding hydrogens is 263 g/mol. The van der Waals surface area contributed by atoms with Gasteiger partial charge in [-0.3, -0.25) is 0 Å². The van der Waals surface area contributed by atoms with Gasteiger partial charge in [0.1, 0.15) is 11.9 Å². The first-order valence-corrected chi connectivity index (χ1v) is 5.26. The predicted octanol–water partition coefficient (Wildman–Crippen LogP) is 2.06. The third-order valence-corrected chi connectivity index (χ3v) is 2.52. The van der Waals surface area contributed by atoms with Crippen LogP contribution in [-0.2, 0) is 0 Å². The summed E-state index contributed by atoms with van der Waals surface area (Å²) in [6, 6.07) is 3.71. The Labute approximate surface area is 114 Å². The molecule has 1 aromatic heterocycles. The van der Waals surface area contributed by atoms with Gasteiger partial charge in [-0.15, -0.1) is 24.8 Å². The number of methoxy groups -OCH3 is 1. The lowest BCUT2D eigenvalue weighted by atomic mass is 10.1. The Bertz CT molecular complexity index is 303. The van der Waals surface area contributed by atoms with Gasteiger partial charge in [-0.2, -0.15) is 0 Å². The first kappa shape index (κ1) is 16.3. The predicted molar refractivity (Wildman–Crippen MR) is 71.8 cm³/mol. The number of hydrogen-bond donors (Lipinski definition) is 1. The van der Waals surface area contributed by atoms with Crippen molar-refractivity contribution in [3.8, 4) is 11.6 Å². The molecule has 1 fully saturated rings. The number of nitrogens with zero attached hydrogens (tertiary/aromatic N) is 1. The third-order valence-electron chi connectivity index (χ3n) is 2.52. The van der Waals surface area contributed by atoms with Crippen LogP contribution in [0.25, 0.3) is 0 Å². The minimum absolute atomic E-state index is 0. The molecule has 1 aliphatic rings. The lowest BCUT2D eigenvalue weighted by molar-refractivity contribution is 0.155. The third kappa shape index (κ3) is 4.98. The monoisotopic (exact) mass is 280 g/mol. The van der Waals surface area contributed by atoms with Crippen molar-refractivity contribution in [2.24, 2.45) is 0 Å². The highest BCUT2D eigenvalue weighted by Gasteiger charge is 2.14. The molecule has 2 rings (SSSR count). The van der Waals surface area contributed by atoms with Crippen molar-refractivity contribution in [1.29, 1.82) is 0 Å². The number of halogens is 2. The fourth-order valence-corrected chi connectivity index (χ4v) is 1.64. The number of hydrogen-bond acceptors (Lipinski definition) is 4. The summed E-state index contributed by atoms with van der Waals surface area (Å²) in [6.45, 7) is 2.06. The Morgan fingerprint density at radius 2 is 1.94 bits per heavy atom. The van der Waals surface area contributed by atoms with Crippen molar-refractivity contribution >= 4 is 24.8 Å². The summed E-state index contributed by atoms with van der Waals surface area (Å²) in [4.78, 5) is 4.18. The van der Waals surface area contributed by atoms with Crippen LogP contribution in [0.5, 0.6) is 11.6 Å². The van der Waals surface area contributed by atoms with E-state index in [1.807, 2.05) is 12.1 Å². The van der Waals surface area contributed by atoms with Crippen molar-refractivity contribution in [1.82, 2.24) is 10.3 Å². The zero-order chi connectivity index (χ0) is 10.5. The minimum atomic E-state index is 0. The smallest absolute Gasteiger partial charge is 0.213 e. The standard InChI is InChI=1S/C11H16N2O2.2ClH/c1-14-10-2-3-11(13-8-10)15-9-4-6-12-7-5-9;;/h2-3,8-9,12H,4-7H2,1H3;2*1H. The molecule has 6 heteroatoms. The van der Waals surface area contributed by atoms with Gasteiger partial charge in [-0.25, -0.2) is 4.98 Å². The maximum absolute atomic E-state index is 5.75. The molecule has 1 N–H and O–H groups in total. The van der Waals surface area contributed by atoms with E-state index in [-0.39, 0.29) is 24.8 Å². The molecule has 17 heavy (non-hydrogen) atoms. The molecule has 1 aliphatic heterocycles. The summed E-state index contributed by atoms with van der Waals surface area (Å²) in [6.07, 6.45) is 4.07.